The molecule has 0 N–H and O–H groups in total. The van der Waals surface area contributed by atoms with Crippen molar-refractivity contribution < 1.29 is 9.32 Å². The summed E-state index contributed by atoms with van der Waals surface area (Å²) in [5.41, 5.74) is 0. The van der Waals surface area contributed by atoms with E-state index in [1.54, 1.807) is 0 Å². The molecule has 0 bridgehead atoms. The second-order valence-electron chi connectivity index (χ2n) is 4.21. The van der Waals surface area contributed by atoms with Crippen LogP contribution in [0.5, 0.6) is 0 Å². The zero-order chi connectivity index (χ0) is 15.2. The fourth-order valence-electron chi connectivity index (χ4n) is 1.72. The Morgan fingerprint density at radius 3 is 3.05 bits per heavy atom. The third kappa shape index (κ3) is 4.12. The molecule has 6 nitrogen and oxygen atoms in total. The maximum absolute atomic E-state index is 11.9. The van der Waals surface area contributed by atoms with E-state index in [1.165, 1.54) is 16.2 Å². The fraction of sp³-hybridized carbons (Fsp3) is 0.385. The van der Waals surface area contributed by atoms with Crippen LogP contribution in [0.1, 0.15) is 19.2 Å². The largest absolute Gasteiger partial charge is 0.339 e. The Kier molecular flexibility index (Phi) is 5.47. The van der Waals surface area contributed by atoms with Gasteiger partial charge in [-0.1, -0.05) is 5.16 Å². The maximum Gasteiger partial charge on any atom is 0.227 e. The van der Waals surface area contributed by atoms with Gasteiger partial charge in [-0.25, -0.2) is 0 Å². The highest BCUT2D eigenvalue weighted by molar-refractivity contribution is 9.10. The van der Waals surface area contributed by atoms with Gasteiger partial charge >= 0.3 is 0 Å². The first kappa shape index (κ1) is 15.7. The predicted octanol–water partition coefficient (Wildman–Crippen LogP) is 2.87. The average molecular weight is 369 g/mol. The standard InChI is InChI=1S/C13H13BrN4O2S/c1-2-18(6-5-15)12(19)4-3-11-16-13(17-20-11)10-7-9(14)8-21-10/h7-8H,2-4,6H2,1H3. The maximum atomic E-state index is 11.9. The van der Waals surface area contributed by atoms with Crippen LogP contribution < -0.4 is 0 Å². The van der Waals surface area contributed by atoms with E-state index in [-0.39, 0.29) is 18.9 Å². The van der Waals surface area contributed by atoms with Crippen LogP contribution in [0.25, 0.3) is 10.7 Å². The van der Waals surface area contributed by atoms with Crippen LogP contribution in [0, 0.1) is 11.3 Å². The summed E-state index contributed by atoms with van der Waals surface area (Å²) in [7, 11) is 0. The highest BCUT2D eigenvalue weighted by Crippen LogP contribution is 2.27. The van der Waals surface area contributed by atoms with Crippen LogP contribution in [0.4, 0.5) is 0 Å². The first-order valence-electron chi connectivity index (χ1n) is 6.35. The monoisotopic (exact) mass is 368 g/mol. The lowest BCUT2D eigenvalue weighted by Crippen LogP contribution is -2.31. The van der Waals surface area contributed by atoms with Gasteiger partial charge in [-0.2, -0.15) is 10.2 Å². The molecular weight excluding hydrogens is 356 g/mol. The van der Waals surface area contributed by atoms with Gasteiger partial charge in [0.05, 0.1) is 10.9 Å². The quantitative estimate of drug-likeness (QED) is 0.732. The van der Waals surface area contributed by atoms with Gasteiger partial charge in [-0.3, -0.25) is 4.79 Å². The van der Waals surface area contributed by atoms with Crippen molar-refractivity contribution in [1.29, 1.82) is 5.26 Å². The third-order valence-electron chi connectivity index (χ3n) is 2.80. The molecule has 2 aromatic rings. The van der Waals surface area contributed by atoms with Crippen LogP contribution in [-0.2, 0) is 11.2 Å². The van der Waals surface area contributed by atoms with E-state index in [0.29, 0.717) is 24.7 Å². The molecule has 8 heteroatoms. The number of aryl methyl sites for hydroxylation is 1. The van der Waals surface area contributed by atoms with E-state index in [9.17, 15) is 4.79 Å². The number of halogens is 1. The molecule has 0 aliphatic carbocycles. The van der Waals surface area contributed by atoms with E-state index in [1.807, 2.05) is 24.4 Å². The van der Waals surface area contributed by atoms with Gasteiger partial charge in [0, 0.05) is 29.2 Å². The van der Waals surface area contributed by atoms with E-state index in [0.717, 1.165) is 9.35 Å². The van der Waals surface area contributed by atoms with Crippen LogP contribution in [0.15, 0.2) is 20.4 Å². The topological polar surface area (TPSA) is 83.0 Å². The molecule has 21 heavy (non-hydrogen) atoms. The minimum absolute atomic E-state index is 0.0855. The summed E-state index contributed by atoms with van der Waals surface area (Å²) in [5.74, 6) is 0.867. The molecule has 2 heterocycles. The molecule has 0 spiro atoms. The Morgan fingerprint density at radius 2 is 2.43 bits per heavy atom. The van der Waals surface area contributed by atoms with E-state index >= 15 is 0 Å². The molecule has 2 aromatic heterocycles. The molecule has 2 rings (SSSR count). The Bertz CT molecular complexity index is 661. The lowest BCUT2D eigenvalue weighted by atomic mass is 10.2. The lowest BCUT2D eigenvalue weighted by Gasteiger charge is -2.16. The summed E-state index contributed by atoms with van der Waals surface area (Å²) in [6, 6.07) is 3.89. The molecular formula is C13H13BrN4O2S. The Morgan fingerprint density at radius 1 is 1.62 bits per heavy atom. The molecule has 0 atom stereocenters. The molecule has 0 radical (unpaired) electrons. The molecule has 1 amide bonds. The highest BCUT2D eigenvalue weighted by Gasteiger charge is 2.15. The minimum Gasteiger partial charge on any atom is -0.339 e. The number of nitrogens with zero attached hydrogens (tertiary/aromatic N) is 4. The highest BCUT2D eigenvalue weighted by atomic mass is 79.9. The van der Waals surface area contributed by atoms with Gasteiger partial charge in [0.25, 0.3) is 0 Å². The minimum atomic E-state index is -0.0855. The van der Waals surface area contributed by atoms with Crippen LogP contribution in [0.3, 0.4) is 0 Å². The Labute approximate surface area is 134 Å². The molecule has 0 aromatic carbocycles. The van der Waals surface area contributed by atoms with Gasteiger partial charge in [0.2, 0.25) is 17.6 Å². The Balaban J connectivity index is 1.94. The summed E-state index contributed by atoms with van der Waals surface area (Å²) < 4.78 is 6.12. The number of carbonyl (C=O) groups is 1. The zero-order valence-corrected chi connectivity index (χ0v) is 13.8. The number of nitriles is 1. The van der Waals surface area contributed by atoms with Crippen molar-refractivity contribution in [2.75, 3.05) is 13.1 Å². The number of carbonyl (C=O) groups excluding carboxylic acids is 1. The average Bonchev–Trinajstić information content (AvgIpc) is 3.10. The van der Waals surface area contributed by atoms with Gasteiger partial charge in [-0.05, 0) is 28.9 Å². The lowest BCUT2D eigenvalue weighted by molar-refractivity contribution is -0.130. The van der Waals surface area contributed by atoms with Crippen molar-refractivity contribution in [1.82, 2.24) is 15.0 Å². The van der Waals surface area contributed by atoms with Crippen LogP contribution in [0.2, 0.25) is 0 Å². The molecule has 0 fully saturated rings. The SMILES string of the molecule is CCN(CC#N)C(=O)CCc1nc(-c2cc(Br)cs2)no1. The number of aromatic nitrogens is 2. The number of hydrogen-bond acceptors (Lipinski definition) is 6. The molecule has 0 aliphatic heterocycles. The second-order valence-corrected chi connectivity index (χ2v) is 6.03. The zero-order valence-electron chi connectivity index (χ0n) is 11.4. The predicted molar refractivity (Wildman–Crippen MR) is 81.5 cm³/mol. The van der Waals surface area contributed by atoms with Crippen molar-refractivity contribution in [3.8, 4) is 16.8 Å². The summed E-state index contributed by atoms with van der Waals surface area (Å²) >= 11 is 4.88. The Hall–Kier alpha value is -1.72. The summed E-state index contributed by atoms with van der Waals surface area (Å²) in [5, 5.41) is 14.5. The molecule has 0 saturated carbocycles. The van der Waals surface area contributed by atoms with Crippen LogP contribution in [-0.4, -0.2) is 34.0 Å². The summed E-state index contributed by atoms with van der Waals surface area (Å²) in [6.45, 7) is 2.47. The third-order valence-corrected chi connectivity index (χ3v) is 4.49. The van der Waals surface area contributed by atoms with Gasteiger partial charge < -0.3 is 9.42 Å². The normalized spacial score (nSPS) is 10.3. The van der Waals surface area contributed by atoms with Gasteiger partial charge in [0.1, 0.15) is 6.54 Å². The van der Waals surface area contributed by atoms with Crippen LogP contribution >= 0.6 is 27.3 Å². The van der Waals surface area contributed by atoms with Gasteiger partial charge in [-0.15, -0.1) is 11.3 Å². The first-order valence-corrected chi connectivity index (χ1v) is 8.03. The number of rotatable bonds is 6. The van der Waals surface area contributed by atoms with Crippen molar-refractivity contribution in [2.24, 2.45) is 0 Å². The van der Waals surface area contributed by atoms with E-state index in [2.05, 4.69) is 26.1 Å². The van der Waals surface area contributed by atoms with Gasteiger partial charge in [0.15, 0.2) is 0 Å². The van der Waals surface area contributed by atoms with E-state index in [4.69, 9.17) is 9.78 Å². The number of amides is 1. The number of hydrogen-bond donors (Lipinski definition) is 0. The van der Waals surface area contributed by atoms with Crippen molar-refractivity contribution >= 4 is 33.2 Å². The molecule has 0 aliphatic rings. The number of thiophene rings is 1. The summed E-state index contributed by atoms with van der Waals surface area (Å²) in [6.07, 6.45) is 0.631. The second kappa shape index (κ2) is 7.33. The molecule has 0 unspecified atom stereocenters. The smallest absolute Gasteiger partial charge is 0.227 e. The van der Waals surface area contributed by atoms with Crippen molar-refractivity contribution in [3.05, 3.63) is 21.8 Å². The summed E-state index contributed by atoms with van der Waals surface area (Å²) in [4.78, 5) is 18.6. The van der Waals surface area contributed by atoms with Crippen molar-refractivity contribution in [2.45, 2.75) is 19.8 Å². The molecule has 0 saturated heterocycles. The molecule has 110 valence electrons. The van der Waals surface area contributed by atoms with Crippen molar-refractivity contribution in [3.63, 3.8) is 0 Å². The first-order chi connectivity index (χ1) is 10.1. The van der Waals surface area contributed by atoms with E-state index < -0.39 is 0 Å². The fourth-order valence-corrected chi connectivity index (χ4v) is 3.07.